The van der Waals surface area contributed by atoms with Crippen molar-refractivity contribution in [2.75, 3.05) is 44.5 Å². The minimum Gasteiger partial charge on any atom is -0.381 e. The fraction of sp³-hybridized carbons (Fsp3) is 0.667. The van der Waals surface area contributed by atoms with E-state index in [0.717, 1.165) is 37.8 Å². The first-order valence-corrected chi connectivity index (χ1v) is 6.18. The predicted octanol–water partition coefficient (Wildman–Crippen LogP) is 1.11. The lowest BCUT2D eigenvalue weighted by Crippen LogP contribution is -2.16. The third kappa shape index (κ3) is 3.54. The Bertz CT molecular complexity index is 380. The average Bonchev–Trinajstić information content (AvgIpc) is 2.89. The molecule has 0 spiro atoms. The van der Waals surface area contributed by atoms with Crippen LogP contribution in [0.25, 0.3) is 0 Å². The quantitative estimate of drug-likeness (QED) is 0.790. The minimum absolute atomic E-state index is 0.413. The predicted molar refractivity (Wildman–Crippen MR) is 69.7 cm³/mol. The maximum atomic E-state index is 5.35. The van der Waals surface area contributed by atoms with Crippen LogP contribution in [0.4, 0.5) is 11.6 Å². The van der Waals surface area contributed by atoms with Crippen molar-refractivity contribution in [1.82, 2.24) is 9.97 Å². The Morgan fingerprint density at radius 1 is 1.44 bits per heavy atom. The van der Waals surface area contributed by atoms with Gasteiger partial charge in [-0.1, -0.05) is 0 Å². The van der Waals surface area contributed by atoms with E-state index in [4.69, 9.17) is 9.47 Å². The Labute approximate surface area is 107 Å². The number of rotatable bonds is 6. The Hall–Kier alpha value is -1.40. The molecule has 1 aliphatic heterocycles. The molecule has 0 bridgehead atoms. The largest absolute Gasteiger partial charge is 0.381 e. The van der Waals surface area contributed by atoms with E-state index in [-0.39, 0.29) is 0 Å². The van der Waals surface area contributed by atoms with Crippen LogP contribution in [0.2, 0.25) is 0 Å². The number of ether oxygens (including phenoxy) is 2. The average molecular weight is 252 g/mol. The van der Waals surface area contributed by atoms with E-state index >= 15 is 0 Å². The van der Waals surface area contributed by atoms with Crippen LogP contribution in [-0.2, 0) is 16.1 Å². The molecule has 1 fully saturated rings. The molecule has 6 nitrogen and oxygen atoms in total. The topological polar surface area (TPSA) is 68.3 Å². The lowest BCUT2D eigenvalue weighted by atomic mass is 10.1. The van der Waals surface area contributed by atoms with Gasteiger partial charge in [-0.3, -0.25) is 0 Å². The van der Waals surface area contributed by atoms with Gasteiger partial charge in [0.2, 0.25) is 0 Å². The molecule has 1 aliphatic rings. The van der Waals surface area contributed by atoms with Gasteiger partial charge in [0, 0.05) is 39.3 Å². The van der Waals surface area contributed by atoms with Crippen molar-refractivity contribution in [3.05, 3.63) is 11.9 Å². The van der Waals surface area contributed by atoms with Crippen LogP contribution in [0.15, 0.2) is 6.07 Å². The second-order valence-corrected chi connectivity index (χ2v) is 4.35. The van der Waals surface area contributed by atoms with Gasteiger partial charge in [0.25, 0.3) is 0 Å². The van der Waals surface area contributed by atoms with Gasteiger partial charge in [0.15, 0.2) is 5.82 Å². The third-order valence-electron chi connectivity index (χ3n) is 2.90. The summed E-state index contributed by atoms with van der Waals surface area (Å²) in [6, 6.07) is 1.90. The van der Waals surface area contributed by atoms with Crippen molar-refractivity contribution in [3.63, 3.8) is 0 Å². The van der Waals surface area contributed by atoms with Gasteiger partial charge >= 0.3 is 0 Å². The van der Waals surface area contributed by atoms with Gasteiger partial charge in [0.1, 0.15) is 18.2 Å². The van der Waals surface area contributed by atoms with Gasteiger partial charge in [-0.05, 0) is 6.42 Å². The summed E-state index contributed by atoms with van der Waals surface area (Å²) in [7, 11) is 3.48. The summed E-state index contributed by atoms with van der Waals surface area (Å²) in [6.07, 6.45) is 1.11. The van der Waals surface area contributed by atoms with Crippen LogP contribution in [0, 0.1) is 5.92 Å². The summed E-state index contributed by atoms with van der Waals surface area (Å²) in [6.45, 7) is 3.00. The lowest BCUT2D eigenvalue weighted by Gasteiger charge is -2.12. The fourth-order valence-corrected chi connectivity index (χ4v) is 1.90. The maximum Gasteiger partial charge on any atom is 0.158 e. The van der Waals surface area contributed by atoms with Crippen molar-refractivity contribution >= 4 is 11.6 Å². The van der Waals surface area contributed by atoms with E-state index < -0.39 is 0 Å². The number of nitrogens with one attached hydrogen (secondary N) is 2. The van der Waals surface area contributed by atoms with E-state index in [1.54, 1.807) is 7.11 Å². The molecule has 0 amide bonds. The molecule has 2 N–H and O–H groups in total. The standard InChI is InChI=1S/C12H20N4O2/c1-13-10-5-11(16-12(15-10)8-17-2)14-6-9-3-4-18-7-9/h5,9H,3-4,6-8H2,1-2H3,(H2,13,14,15,16). The number of hydrogen-bond acceptors (Lipinski definition) is 6. The normalized spacial score (nSPS) is 18.9. The Balaban J connectivity index is 1.98. The Kier molecular flexibility index (Phi) is 4.72. The lowest BCUT2D eigenvalue weighted by molar-refractivity contribution is 0.178. The molecule has 18 heavy (non-hydrogen) atoms. The first kappa shape index (κ1) is 13.0. The molecular weight excluding hydrogens is 232 g/mol. The van der Waals surface area contributed by atoms with Crippen molar-refractivity contribution in [3.8, 4) is 0 Å². The summed E-state index contributed by atoms with van der Waals surface area (Å²) in [5.74, 6) is 2.87. The number of anilines is 2. The summed E-state index contributed by atoms with van der Waals surface area (Å²) < 4.78 is 10.4. The molecule has 1 atom stereocenters. The van der Waals surface area contributed by atoms with E-state index in [0.29, 0.717) is 18.3 Å². The van der Waals surface area contributed by atoms with Crippen LogP contribution in [0.1, 0.15) is 12.2 Å². The molecule has 6 heteroatoms. The first-order chi connectivity index (χ1) is 8.81. The maximum absolute atomic E-state index is 5.35. The highest BCUT2D eigenvalue weighted by Crippen LogP contribution is 2.15. The van der Waals surface area contributed by atoms with Gasteiger partial charge in [-0.15, -0.1) is 0 Å². The zero-order valence-corrected chi connectivity index (χ0v) is 10.9. The van der Waals surface area contributed by atoms with Gasteiger partial charge in [-0.2, -0.15) is 0 Å². The first-order valence-electron chi connectivity index (χ1n) is 6.18. The number of nitrogens with zero attached hydrogens (tertiary/aromatic N) is 2. The highest BCUT2D eigenvalue weighted by Gasteiger charge is 2.15. The van der Waals surface area contributed by atoms with E-state index in [2.05, 4.69) is 20.6 Å². The number of methoxy groups -OCH3 is 1. The zero-order valence-electron chi connectivity index (χ0n) is 10.9. The van der Waals surface area contributed by atoms with Gasteiger partial charge in [-0.25, -0.2) is 9.97 Å². The zero-order chi connectivity index (χ0) is 12.8. The van der Waals surface area contributed by atoms with Crippen LogP contribution in [0.3, 0.4) is 0 Å². The fourth-order valence-electron chi connectivity index (χ4n) is 1.90. The highest BCUT2D eigenvalue weighted by molar-refractivity contribution is 5.47. The van der Waals surface area contributed by atoms with Crippen LogP contribution in [-0.4, -0.2) is 43.9 Å². The molecular formula is C12H20N4O2. The SMILES string of the molecule is CNc1cc(NCC2CCOC2)nc(COC)n1. The van der Waals surface area contributed by atoms with E-state index in [1.165, 1.54) is 0 Å². The van der Waals surface area contributed by atoms with Crippen molar-refractivity contribution < 1.29 is 9.47 Å². The summed E-state index contributed by atoms with van der Waals surface area (Å²) >= 11 is 0. The van der Waals surface area contributed by atoms with E-state index in [9.17, 15) is 0 Å². The van der Waals surface area contributed by atoms with Gasteiger partial charge in [0.05, 0.1) is 6.61 Å². The molecule has 1 aromatic rings. The summed E-state index contributed by atoms with van der Waals surface area (Å²) in [4.78, 5) is 8.71. The molecule has 2 rings (SSSR count). The van der Waals surface area contributed by atoms with Crippen molar-refractivity contribution in [2.45, 2.75) is 13.0 Å². The second kappa shape index (κ2) is 6.51. The highest BCUT2D eigenvalue weighted by atomic mass is 16.5. The minimum atomic E-state index is 0.413. The van der Waals surface area contributed by atoms with Crippen LogP contribution >= 0.6 is 0 Å². The van der Waals surface area contributed by atoms with Crippen LogP contribution in [0.5, 0.6) is 0 Å². The molecule has 0 aromatic carbocycles. The molecule has 1 aromatic heterocycles. The monoisotopic (exact) mass is 252 g/mol. The van der Waals surface area contributed by atoms with E-state index in [1.807, 2.05) is 13.1 Å². The number of aromatic nitrogens is 2. The third-order valence-corrected chi connectivity index (χ3v) is 2.90. The van der Waals surface area contributed by atoms with Crippen LogP contribution < -0.4 is 10.6 Å². The van der Waals surface area contributed by atoms with Crippen molar-refractivity contribution in [1.29, 1.82) is 0 Å². The number of hydrogen-bond donors (Lipinski definition) is 2. The Morgan fingerprint density at radius 2 is 2.28 bits per heavy atom. The van der Waals surface area contributed by atoms with Gasteiger partial charge < -0.3 is 20.1 Å². The molecule has 0 radical (unpaired) electrons. The molecule has 1 unspecified atom stereocenters. The molecule has 2 heterocycles. The second-order valence-electron chi connectivity index (χ2n) is 4.35. The molecule has 1 saturated heterocycles. The molecule has 100 valence electrons. The Morgan fingerprint density at radius 3 is 2.94 bits per heavy atom. The summed E-state index contributed by atoms with van der Waals surface area (Å²) in [5.41, 5.74) is 0. The summed E-state index contributed by atoms with van der Waals surface area (Å²) in [5, 5.41) is 6.36. The smallest absolute Gasteiger partial charge is 0.158 e. The molecule has 0 aliphatic carbocycles. The van der Waals surface area contributed by atoms with Crippen molar-refractivity contribution in [2.24, 2.45) is 5.92 Å². The molecule has 0 saturated carbocycles.